The fourth-order valence-electron chi connectivity index (χ4n) is 1.04. The Morgan fingerprint density at radius 3 is 2.79 bits per heavy atom. The van der Waals surface area contributed by atoms with E-state index in [0.29, 0.717) is 5.56 Å². The molecule has 0 heterocycles. The van der Waals surface area contributed by atoms with Gasteiger partial charge in [0.25, 0.3) is 5.69 Å². The number of rotatable bonds is 3. The third kappa shape index (κ3) is 2.40. The van der Waals surface area contributed by atoms with Crippen molar-refractivity contribution < 1.29 is 9.31 Å². The van der Waals surface area contributed by atoms with Crippen LogP contribution in [0.3, 0.4) is 0 Å². The predicted molar refractivity (Wildman–Crippen MR) is 59.9 cm³/mol. The van der Waals surface area contributed by atoms with Gasteiger partial charge in [0.2, 0.25) is 0 Å². The minimum atomic E-state index is -0.614. The van der Waals surface area contributed by atoms with Crippen molar-refractivity contribution in [3.05, 3.63) is 44.4 Å². The van der Waals surface area contributed by atoms with Gasteiger partial charge in [-0.25, -0.2) is 0 Å². The molecule has 1 atom stereocenters. The van der Waals surface area contributed by atoms with Crippen LogP contribution >= 0.6 is 22.6 Å². The maximum absolute atomic E-state index is 12.3. The monoisotopic (exact) mass is 308 g/mol. The third-order valence-electron chi connectivity index (χ3n) is 1.82. The van der Waals surface area contributed by atoms with Gasteiger partial charge in [-0.1, -0.05) is 0 Å². The SMILES string of the molecule is [CH2]C(CF)c1cc([N+](=O)[O-])ccc1I. The van der Waals surface area contributed by atoms with Crippen LogP contribution in [0.15, 0.2) is 18.2 Å². The van der Waals surface area contributed by atoms with E-state index in [0.717, 1.165) is 3.57 Å². The van der Waals surface area contributed by atoms with E-state index in [9.17, 15) is 14.5 Å². The van der Waals surface area contributed by atoms with Crippen LogP contribution in [0, 0.1) is 20.6 Å². The first kappa shape index (κ1) is 11.4. The molecule has 0 saturated carbocycles. The molecule has 0 aromatic heterocycles. The summed E-state index contributed by atoms with van der Waals surface area (Å²) in [5.74, 6) is -0.540. The van der Waals surface area contributed by atoms with Crippen LogP contribution in [0.4, 0.5) is 10.1 Å². The molecule has 0 aliphatic heterocycles. The Labute approximate surface area is 94.6 Å². The highest BCUT2D eigenvalue weighted by molar-refractivity contribution is 14.1. The standard InChI is InChI=1S/C9H8FINO2/c1-6(5-10)8-4-7(12(13)14)2-3-9(8)11/h2-4,6H,1,5H2. The van der Waals surface area contributed by atoms with E-state index in [2.05, 4.69) is 6.92 Å². The van der Waals surface area contributed by atoms with Gasteiger partial charge in [0.05, 0.1) is 11.6 Å². The molecule has 1 radical (unpaired) electrons. The Balaban J connectivity index is 3.14. The molecule has 3 nitrogen and oxygen atoms in total. The minimum absolute atomic E-state index is 0.0254. The van der Waals surface area contributed by atoms with Crippen molar-refractivity contribution in [2.75, 3.05) is 6.67 Å². The second kappa shape index (κ2) is 4.68. The van der Waals surface area contributed by atoms with Gasteiger partial charge in [-0.2, -0.15) is 0 Å². The van der Waals surface area contributed by atoms with E-state index in [4.69, 9.17) is 0 Å². The van der Waals surface area contributed by atoms with Gasteiger partial charge in [0.1, 0.15) is 0 Å². The number of alkyl halides is 1. The Morgan fingerprint density at radius 1 is 1.64 bits per heavy atom. The summed E-state index contributed by atoms with van der Waals surface area (Å²) in [5.41, 5.74) is 0.560. The lowest BCUT2D eigenvalue weighted by Crippen LogP contribution is -2.00. The molecule has 0 bridgehead atoms. The molecule has 0 amide bonds. The molecular formula is C9H8FINO2. The summed E-state index contributed by atoms with van der Waals surface area (Å²) in [6, 6.07) is 4.37. The average molecular weight is 308 g/mol. The molecule has 0 fully saturated rings. The van der Waals surface area contributed by atoms with E-state index in [1.165, 1.54) is 12.1 Å². The number of halogens is 2. The topological polar surface area (TPSA) is 43.1 Å². The minimum Gasteiger partial charge on any atom is -0.258 e. The molecule has 5 heteroatoms. The van der Waals surface area contributed by atoms with E-state index >= 15 is 0 Å². The van der Waals surface area contributed by atoms with Crippen molar-refractivity contribution in [1.29, 1.82) is 0 Å². The van der Waals surface area contributed by atoms with E-state index < -0.39 is 17.5 Å². The summed E-state index contributed by atoms with van der Waals surface area (Å²) in [6.07, 6.45) is 0. The molecule has 0 spiro atoms. The number of nitro benzene ring substituents is 1. The van der Waals surface area contributed by atoms with Crippen molar-refractivity contribution in [2.45, 2.75) is 5.92 Å². The molecule has 0 N–H and O–H groups in total. The lowest BCUT2D eigenvalue weighted by molar-refractivity contribution is -0.384. The Kier molecular flexibility index (Phi) is 3.79. The molecule has 1 aromatic carbocycles. The van der Waals surface area contributed by atoms with Crippen molar-refractivity contribution in [1.82, 2.24) is 0 Å². The molecular weight excluding hydrogens is 300 g/mol. The smallest absolute Gasteiger partial charge is 0.258 e. The van der Waals surface area contributed by atoms with Crippen LogP contribution in [0.25, 0.3) is 0 Å². The first-order valence-corrected chi connectivity index (χ1v) is 4.97. The number of non-ortho nitro benzene ring substituents is 1. The maximum atomic E-state index is 12.3. The first-order valence-electron chi connectivity index (χ1n) is 3.89. The van der Waals surface area contributed by atoms with Crippen LogP contribution < -0.4 is 0 Å². The maximum Gasteiger partial charge on any atom is 0.269 e. The average Bonchev–Trinajstić information content (AvgIpc) is 2.17. The molecule has 1 unspecified atom stereocenters. The zero-order valence-electron chi connectivity index (χ0n) is 7.24. The molecule has 0 saturated heterocycles. The molecule has 1 rings (SSSR count). The van der Waals surface area contributed by atoms with Gasteiger partial charge in [-0.3, -0.25) is 14.5 Å². The highest BCUT2D eigenvalue weighted by Gasteiger charge is 2.14. The van der Waals surface area contributed by atoms with Crippen molar-refractivity contribution in [2.24, 2.45) is 0 Å². The normalized spacial score (nSPS) is 12.5. The quantitative estimate of drug-likeness (QED) is 0.489. The van der Waals surface area contributed by atoms with Crippen LogP contribution in [0.2, 0.25) is 0 Å². The molecule has 0 aliphatic carbocycles. The second-order valence-corrected chi connectivity index (χ2v) is 3.98. The fraction of sp³-hybridized carbons (Fsp3) is 0.222. The second-order valence-electron chi connectivity index (χ2n) is 2.81. The van der Waals surface area contributed by atoms with E-state index in [-0.39, 0.29) is 5.69 Å². The predicted octanol–water partition coefficient (Wildman–Crippen LogP) is 3.09. The third-order valence-corrected chi connectivity index (χ3v) is 2.80. The van der Waals surface area contributed by atoms with Gasteiger partial charge in [-0.15, -0.1) is 0 Å². The Hall–Kier alpha value is -0.720. The van der Waals surface area contributed by atoms with Crippen molar-refractivity contribution >= 4 is 28.3 Å². The highest BCUT2D eigenvalue weighted by Crippen LogP contribution is 2.26. The molecule has 75 valence electrons. The van der Waals surface area contributed by atoms with E-state index in [1.807, 2.05) is 22.6 Å². The zero-order valence-corrected chi connectivity index (χ0v) is 9.40. The van der Waals surface area contributed by atoms with Gasteiger partial charge >= 0.3 is 0 Å². The van der Waals surface area contributed by atoms with Crippen molar-refractivity contribution in [3.63, 3.8) is 0 Å². The Morgan fingerprint density at radius 2 is 2.29 bits per heavy atom. The van der Waals surface area contributed by atoms with Crippen LogP contribution in [0.1, 0.15) is 11.5 Å². The summed E-state index contributed by atoms with van der Waals surface area (Å²) in [4.78, 5) is 9.97. The Bertz CT molecular complexity index is 357. The number of nitro groups is 1. The molecule has 1 aromatic rings. The summed E-state index contributed by atoms with van der Waals surface area (Å²) in [6.45, 7) is 2.97. The highest BCUT2D eigenvalue weighted by atomic mass is 127. The summed E-state index contributed by atoms with van der Waals surface area (Å²) in [5, 5.41) is 10.5. The van der Waals surface area contributed by atoms with Gasteiger partial charge in [0, 0.05) is 21.6 Å². The molecule has 0 aliphatic rings. The number of nitrogens with zero attached hydrogens (tertiary/aromatic N) is 1. The summed E-state index contributed by atoms with van der Waals surface area (Å²) >= 11 is 2.01. The fourth-order valence-corrected chi connectivity index (χ4v) is 1.82. The lowest BCUT2D eigenvalue weighted by Gasteiger charge is -2.08. The van der Waals surface area contributed by atoms with Gasteiger partial charge < -0.3 is 0 Å². The first-order chi connectivity index (χ1) is 6.56. The van der Waals surface area contributed by atoms with Gasteiger partial charge in [0.15, 0.2) is 0 Å². The number of hydrogen-bond donors (Lipinski definition) is 0. The number of benzene rings is 1. The summed E-state index contributed by atoms with van der Waals surface area (Å²) in [7, 11) is 0. The van der Waals surface area contributed by atoms with Crippen LogP contribution in [0.5, 0.6) is 0 Å². The number of hydrogen-bond acceptors (Lipinski definition) is 2. The lowest BCUT2D eigenvalue weighted by atomic mass is 10.0. The zero-order chi connectivity index (χ0) is 10.7. The van der Waals surface area contributed by atoms with Gasteiger partial charge in [-0.05, 0) is 41.1 Å². The summed E-state index contributed by atoms with van der Waals surface area (Å²) < 4.78 is 13.1. The van der Waals surface area contributed by atoms with E-state index in [1.54, 1.807) is 6.07 Å². The largest absolute Gasteiger partial charge is 0.269 e. The van der Waals surface area contributed by atoms with Crippen LogP contribution in [-0.2, 0) is 0 Å². The van der Waals surface area contributed by atoms with Crippen LogP contribution in [-0.4, -0.2) is 11.6 Å². The molecule has 14 heavy (non-hydrogen) atoms. The van der Waals surface area contributed by atoms with Crippen molar-refractivity contribution in [3.8, 4) is 0 Å².